The van der Waals surface area contributed by atoms with Gasteiger partial charge in [0.2, 0.25) is 0 Å². The maximum atomic E-state index is 11.4. The van der Waals surface area contributed by atoms with Crippen LogP contribution in [0, 0.1) is 50.7 Å². The van der Waals surface area contributed by atoms with Crippen molar-refractivity contribution < 1.29 is 10.2 Å². The van der Waals surface area contributed by atoms with Crippen molar-refractivity contribution in [2.75, 3.05) is 0 Å². The third kappa shape index (κ3) is 2.64. The predicted molar refractivity (Wildman–Crippen MR) is 128 cm³/mol. The lowest BCUT2D eigenvalue weighted by Crippen LogP contribution is -2.69. The van der Waals surface area contributed by atoms with Crippen molar-refractivity contribution >= 4 is 0 Å². The number of hydrogen-bond donors (Lipinski definition) is 2. The molecule has 0 amide bonds. The minimum absolute atomic E-state index is 0.160. The Morgan fingerprint density at radius 2 is 1.06 bits per heavy atom. The van der Waals surface area contributed by atoms with Gasteiger partial charge in [0.25, 0.3) is 0 Å². The minimum atomic E-state index is -0.927. The Kier molecular flexibility index (Phi) is 4.78. The number of fused-ring (bicyclic) bond motifs is 7. The van der Waals surface area contributed by atoms with Crippen LogP contribution in [0.15, 0.2) is 0 Å². The maximum absolute atomic E-state index is 11.4. The Balaban J connectivity index is 1.54. The molecule has 0 aliphatic heterocycles. The average molecular weight is 431 g/mol. The van der Waals surface area contributed by atoms with E-state index in [1.165, 1.54) is 51.4 Å². The maximum Gasteiger partial charge on any atom is 0.0910 e. The largest absolute Gasteiger partial charge is 0.390 e. The summed E-state index contributed by atoms with van der Waals surface area (Å²) in [7, 11) is 0. The molecular weight excluding hydrogens is 380 g/mol. The van der Waals surface area contributed by atoms with Gasteiger partial charge in [-0.15, -0.1) is 0 Å². The molecule has 10 atom stereocenters. The minimum Gasteiger partial charge on any atom is -0.390 e. The van der Waals surface area contributed by atoms with E-state index in [9.17, 15) is 10.2 Å². The average Bonchev–Trinajstić information content (AvgIpc) is 2.65. The van der Waals surface area contributed by atoms with Crippen molar-refractivity contribution in [1.29, 1.82) is 0 Å². The summed E-state index contributed by atoms with van der Waals surface area (Å²) in [6, 6.07) is 0. The van der Waals surface area contributed by atoms with Crippen molar-refractivity contribution in [3.05, 3.63) is 0 Å². The highest BCUT2D eigenvalue weighted by Crippen LogP contribution is 2.77. The standard InChI is InChI=1S/C29H50O2/c1-24(2)14-8-15-25(3)19(24)11-17-27(5)20(25)9-10-21-26(4)16-13-23(30)29(7,31)22(26)12-18-28(21,27)6/h19-23,30-31H,8-18H2,1-7H3/t19-,20-,21-,22-,23+,25+,26-,27-,28-,29+/m1/s1. The lowest BCUT2D eigenvalue weighted by Gasteiger charge is -2.74. The van der Waals surface area contributed by atoms with Gasteiger partial charge in [0.15, 0.2) is 0 Å². The summed E-state index contributed by atoms with van der Waals surface area (Å²) in [6.07, 6.45) is 13.4. The summed E-state index contributed by atoms with van der Waals surface area (Å²) in [5, 5.41) is 22.0. The highest BCUT2D eigenvalue weighted by molar-refractivity contribution is 5.20. The highest BCUT2D eigenvalue weighted by atomic mass is 16.3. The fraction of sp³-hybridized carbons (Fsp3) is 1.00. The molecule has 2 heteroatoms. The zero-order valence-electron chi connectivity index (χ0n) is 21.6. The number of aliphatic hydroxyl groups excluding tert-OH is 1. The smallest absolute Gasteiger partial charge is 0.0910 e. The van der Waals surface area contributed by atoms with E-state index < -0.39 is 11.7 Å². The fourth-order valence-corrected chi connectivity index (χ4v) is 11.8. The van der Waals surface area contributed by atoms with E-state index in [2.05, 4.69) is 41.5 Å². The van der Waals surface area contributed by atoms with Crippen LogP contribution in [0.3, 0.4) is 0 Å². The van der Waals surface area contributed by atoms with Crippen LogP contribution in [0.2, 0.25) is 0 Å². The summed E-state index contributed by atoms with van der Waals surface area (Å²) in [5.74, 6) is 2.64. The van der Waals surface area contributed by atoms with E-state index in [0.717, 1.165) is 31.1 Å². The van der Waals surface area contributed by atoms with Crippen LogP contribution in [0.4, 0.5) is 0 Å². The van der Waals surface area contributed by atoms with Crippen molar-refractivity contribution in [3.8, 4) is 0 Å². The molecule has 0 unspecified atom stereocenters. The molecule has 5 rings (SSSR count). The molecule has 0 aromatic heterocycles. The predicted octanol–water partition coefficient (Wildman–Crippen LogP) is 6.97. The van der Waals surface area contributed by atoms with E-state index in [-0.39, 0.29) is 11.3 Å². The third-order valence-electron chi connectivity index (χ3n) is 13.5. The second-order valence-corrected chi connectivity index (χ2v) is 14.8. The summed E-state index contributed by atoms with van der Waals surface area (Å²) in [5.41, 5.74) is 0.985. The van der Waals surface area contributed by atoms with Gasteiger partial charge in [-0.05, 0) is 122 Å². The molecule has 178 valence electrons. The summed E-state index contributed by atoms with van der Waals surface area (Å²) < 4.78 is 0. The van der Waals surface area contributed by atoms with E-state index in [1.807, 2.05) is 6.92 Å². The van der Waals surface area contributed by atoms with E-state index in [1.54, 1.807) is 0 Å². The topological polar surface area (TPSA) is 40.5 Å². The Morgan fingerprint density at radius 3 is 1.65 bits per heavy atom. The van der Waals surface area contributed by atoms with Gasteiger partial charge >= 0.3 is 0 Å². The van der Waals surface area contributed by atoms with Crippen LogP contribution >= 0.6 is 0 Å². The zero-order valence-corrected chi connectivity index (χ0v) is 21.6. The van der Waals surface area contributed by atoms with Crippen molar-refractivity contribution in [3.63, 3.8) is 0 Å². The van der Waals surface area contributed by atoms with Crippen molar-refractivity contribution in [2.45, 2.75) is 131 Å². The molecule has 0 saturated heterocycles. The quantitative estimate of drug-likeness (QED) is 0.435. The first-order chi connectivity index (χ1) is 14.2. The lowest BCUT2D eigenvalue weighted by atomic mass is 9.31. The van der Waals surface area contributed by atoms with Crippen molar-refractivity contribution in [2.24, 2.45) is 50.7 Å². The van der Waals surface area contributed by atoms with Crippen LogP contribution in [0.25, 0.3) is 0 Å². The van der Waals surface area contributed by atoms with Crippen LogP contribution in [-0.4, -0.2) is 21.9 Å². The van der Waals surface area contributed by atoms with Crippen LogP contribution in [-0.2, 0) is 0 Å². The molecule has 5 fully saturated rings. The number of hydrogen-bond acceptors (Lipinski definition) is 2. The Hall–Kier alpha value is -0.0800. The van der Waals surface area contributed by atoms with E-state index >= 15 is 0 Å². The third-order valence-corrected chi connectivity index (χ3v) is 13.5. The SMILES string of the molecule is CC1(C)CCC[C@@]2(C)[C@@H]1CC[C@]1(C)[C@@H]2CC[C@@H]2[C@@]3(C)CC[C@H](O)[C@@](C)(O)[C@@H]3CC[C@]21C. The summed E-state index contributed by atoms with van der Waals surface area (Å²) >= 11 is 0. The van der Waals surface area contributed by atoms with Crippen LogP contribution in [0.5, 0.6) is 0 Å². The van der Waals surface area contributed by atoms with Gasteiger partial charge in [-0.1, -0.05) is 48.0 Å². The van der Waals surface area contributed by atoms with E-state index in [0.29, 0.717) is 27.6 Å². The molecule has 0 bridgehead atoms. The molecule has 2 N–H and O–H groups in total. The molecule has 5 aliphatic carbocycles. The fourth-order valence-electron chi connectivity index (χ4n) is 11.8. The van der Waals surface area contributed by atoms with Crippen molar-refractivity contribution in [1.82, 2.24) is 0 Å². The zero-order chi connectivity index (χ0) is 22.7. The number of rotatable bonds is 0. The second-order valence-electron chi connectivity index (χ2n) is 14.8. The van der Waals surface area contributed by atoms with Gasteiger partial charge < -0.3 is 10.2 Å². The molecule has 0 radical (unpaired) electrons. The molecule has 0 aromatic rings. The van der Waals surface area contributed by atoms with Crippen LogP contribution in [0.1, 0.15) is 119 Å². The normalized spacial score (nSPS) is 60.9. The first-order valence-corrected chi connectivity index (χ1v) is 13.6. The Morgan fingerprint density at radius 1 is 0.548 bits per heavy atom. The second kappa shape index (κ2) is 6.53. The molecular formula is C29H50O2. The number of aliphatic hydroxyl groups is 2. The van der Waals surface area contributed by atoms with E-state index in [4.69, 9.17) is 0 Å². The molecule has 0 heterocycles. The Labute approximate surface area is 192 Å². The summed E-state index contributed by atoms with van der Waals surface area (Å²) in [4.78, 5) is 0. The van der Waals surface area contributed by atoms with Gasteiger partial charge in [0.1, 0.15) is 0 Å². The van der Waals surface area contributed by atoms with Gasteiger partial charge in [-0.3, -0.25) is 0 Å². The molecule has 31 heavy (non-hydrogen) atoms. The Bertz CT molecular complexity index is 741. The van der Waals surface area contributed by atoms with Gasteiger partial charge in [-0.2, -0.15) is 0 Å². The molecule has 5 saturated carbocycles. The first kappa shape index (κ1) is 22.7. The van der Waals surface area contributed by atoms with Crippen LogP contribution < -0.4 is 0 Å². The first-order valence-electron chi connectivity index (χ1n) is 13.6. The molecule has 0 aromatic carbocycles. The highest BCUT2D eigenvalue weighted by Gasteiger charge is 2.71. The van der Waals surface area contributed by atoms with Gasteiger partial charge in [0, 0.05) is 0 Å². The molecule has 0 spiro atoms. The van der Waals surface area contributed by atoms with Gasteiger partial charge in [-0.25, -0.2) is 0 Å². The monoisotopic (exact) mass is 430 g/mol. The van der Waals surface area contributed by atoms with Gasteiger partial charge in [0.05, 0.1) is 11.7 Å². The molecule has 5 aliphatic rings. The molecule has 2 nitrogen and oxygen atoms in total. The lowest BCUT2D eigenvalue weighted by molar-refractivity contribution is -0.275. The summed E-state index contributed by atoms with van der Waals surface area (Å²) in [6.45, 7) is 17.6.